The van der Waals surface area contributed by atoms with E-state index < -0.39 is 18.1 Å². The molecule has 1 N–H and O–H groups in total. The zero-order valence-corrected chi connectivity index (χ0v) is 15.6. The third-order valence-corrected chi connectivity index (χ3v) is 6.39. The Morgan fingerprint density at radius 2 is 1.96 bits per heavy atom. The highest BCUT2D eigenvalue weighted by Crippen LogP contribution is 2.43. The lowest BCUT2D eigenvalue weighted by atomic mass is 9.98. The van der Waals surface area contributed by atoms with Crippen LogP contribution in [0, 0.1) is 5.92 Å². The van der Waals surface area contributed by atoms with E-state index in [1.807, 2.05) is 35.6 Å². The van der Waals surface area contributed by atoms with E-state index in [0.717, 1.165) is 29.7 Å². The summed E-state index contributed by atoms with van der Waals surface area (Å²) in [6.45, 7) is -0.198. The number of nitrogens with zero attached hydrogens (tertiary/aromatic N) is 2. The number of aromatic nitrogens is 1. The molecule has 1 aromatic heterocycles. The van der Waals surface area contributed by atoms with Crippen LogP contribution in [0.4, 0.5) is 13.2 Å². The highest BCUT2D eigenvalue weighted by Gasteiger charge is 2.49. The van der Waals surface area contributed by atoms with Gasteiger partial charge in [-0.3, -0.25) is 9.59 Å². The number of carbonyl (C=O) groups excluding carboxylic acids is 2. The molecular weight excluding hydrogens is 391 g/mol. The number of halogens is 3. The summed E-state index contributed by atoms with van der Waals surface area (Å²) in [6, 6.07) is 8.94. The van der Waals surface area contributed by atoms with Crippen molar-refractivity contribution in [2.45, 2.75) is 37.5 Å². The van der Waals surface area contributed by atoms with E-state index >= 15 is 0 Å². The largest absolute Gasteiger partial charge is 0.471 e. The van der Waals surface area contributed by atoms with Gasteiger partial charge in [0, 0.05) is 12.6 Å². The number of thiazole rings is 1. The van der Waals surface area contributed by atoms with E-state index in [0.29, 0.717) is 5.69 Å². The van der Waals surface area contributed by atoms with E-state index in [-0.39, 0.29) is 24.4 Å². The van der Waals surface area contributed by atoms with Crippen LogP contribution in [0.2, 0.25) is 0 Å². The smallest absolute Gasteiger partial charge is 0.346 e. The number of hydrogen-bond acceptors (Lipinski definition) is 4. The van der Waals surface area contributed by atoms with Gasteiger partial charge in [-0.25, -0.2) is 4.98 Å². The molecule has 2 aromatic rings. The molecule has 1 aliphatic heterocycles. The Morgan fingerprint density at radius 3 is 2.68 bits per heavy atom. The molecule has 1 saturated heterocycles. The second kappa shape index (κ2) is 7.20. The number of amides is 2. The van der Waals surface area contributed by atoms with Gasteiger partial charge in [-0.2, -0.15) is 13.2 Å². The van der Waals surface area contributed by atoms with Crippen molar-refractivity contribution in [1.29, 1.82) is 0 Å². The van der Waals surface area contributed by atoms with E-state index in [4.69, 9.17) is 0 Å². The zero-order chi connectivity index (χ0) is 19.9. The molecule has 3 atom stereocenters. The molecule has 28 heavy (non-hydrogen) atoms. The van der Waals surface area contributed by atoms with Gasteiger partial charge in [0.2, 0.25) is 0 Å². The monoisotopic (exact) mass is 409 g/mol. The molecule has 2 fully saturated rings. The van der Waals surface area contributed by atoms with E-state index in [2.05, 4.69) is 4.98 Å². The summed E-state index contributed by atoms with van der Waals surface area (Å²) in [4.78, 5) is 31.1. The lowest BCUT2D eigenvalue weighted by Gasteiger charge is -2.35. The van der Waals surface area contributed by atoms with E-state index in [1.54, 1.807) is 10.4 Å². The number of likely N-dealkylation sites (tertiary alicyclic amines) is 1. The van der Waals surface area contributed by atoms with E-state index in [9.17, 15) is 22.8 Å². The minimum atomic E-state index is -4.93. The van der Waals surface area contributed by atoms with Gasteiger partial charge in [-0.05, 0) is 30.7 Å². The van der Waals surface area contributed by atoms with Gasteiger partial charge in [0.15, 0.2) is 0 Å². The van der Waals surface area contributed by atoms with Crippen LogP contribution in [-0.4, -0.2) is 46.5 Å². The van der Waals surface area contributed by atoms with Gasteiger partial charge in [0.1, 0.15) is 5.69 Å². The van der Waals surface area contributed by atoms with Crippen molar-refractivity contribution in [3.05, 3.63) is 41.5 Å². The highest BCUT2D eigenvalue weighted by atomic mass is 32.1. The fourth-order valence-electron chi connectivity index (χ4n) is 4.29. The van der Waals surface area contributed by atoms with Crippen LogP contribution in [0.5, 0.6) is 0 Å². The lowest BCUT2D eigenvalue weighted by Crippen LogP contribution is -2.52. The fraction of sp³-hybridized carbons (Fsp3) is 0.421. The second-order valence-electron chi connectivity index (χ2n) is 7.11. The van der Waals surface area contributed by atoms with Crippen LogP contribution in [0.3, 0.4) is 0 Å². The molecule has 4 rings (SSSR count). The average molecular weight is 409 g/mol. The first kappa shape index (κ1) is 18.9. The van der Waals surface area contributed by atoms with Crippen LogP contribution < -0.4 is 5.32 Å². The molecule has 1 aliphatic carbocycles. The first-order chi connectivity index (χ1) is 13.4. The average Bonchev–Trinajstić information content (AvgIpc) is 3.40. The molecule has 2 aliphatic rings. The van der Waals surface area contributed by atoms with Crippen LogP contribution in [0.15, 0.2) is 35.8 Å². The summed E-state index contributed by atoms with van der Waals surface area (Å²) >= 11 is 1.36. The van der Waals surface area contributed by atoms with Gasteiger partial charge in [0.05, 0.1) is 16.4 Å². The maximum absolute atomic E-state index is 13.3. The number of hydrogen-bond donors (Lipinski definition) is 1. The third kappa shape index (κ3) is 3.39. The molecule has 9 heteroatoms. The molecule has 1 unspecified atom stereocenters. The van der Waals surface area contributed by atoms with Gasteiger partial charge in [-0.1, -0.05) is 30.3 Å². The predicted octanol–water partition coefficient (Wildman–Crippen LogP) is 3.48. The molecule has 1 saturated carbocycles. The second-order valence-corrected chi connectivity index (χ2v) is 7.97. The SMILES string of the molecule is O=C(c1ncsc1-c1ccccc1)N1C2CC[C@@H](C2)[C@H]1CNC(=O)C(F)(F)F. The molecule has 2 heterocycles. The maximum atomic E-state index is 13.3. The molecular formula is C19H18F3N3O2S. The summed E-state index contributed by atoms with van der Waals surface area (Å²) in [6.07, 6.45) is -2.50. The number of fused-ring (bicyclic) bond motifs is 2. The number of alkyl halides is 3. The number of carbonyl (C=O) groups is 2. The number of benzene rings is 1. The van der Waals surface area contributed by atoms with E-state index in [1.165, 1.54) is 11.3 Å². The number of rotatable bonds is 4. The fourth-order valence-corrected chi connectivity index (χ4v) is 5.07. The van der Waals surface area contributed by atoms with Crippen LogP contribution in [0.25, 0.3) is 10.4 Å². The topological polar surface area (TPSA) is 62.3 Å². The predicted molar refractivity (Wildman–Crippen MR) is 97.7 cm³/mol. The summed E-state index contributed by atoms with van der Waals surface area (Å²) in [5, 5.41) is 1.95. The quantitative estimate of drug-likeness (QED) is 0.841. The van der Waals surface area contributed by atoms with Crippen molar-refractivity contribution in [3.63, 3.8) is 0 Å². The molecule has 0 radical (unpaired) electrons. The van der Waals surface area contributed by atoms with Crippen molar-refractivity contribution in [2.75, 3.05) is 6.54 Å². The van der Waals surface area contributed by atoms with Crippen LogP contribution >= 0.6 is 11.3 Å². The van der Waals surface area contributed by atoms with Crippen LogP contribution in [-0.2, 0) is 4.79 Å². The minimum Gasteiger partial charge on any atom is -0.346 e. The van der Waals surface area contributed by atoms with Crippen molar-refractivity contribution < 1.29 is 22.8 Å². The Kier molecular flexibility index (Phi) is 4.86. The molecule has 148 valence electrons. The highest BCUT2D eigenvalue weighted by molar-refractivity contribution is 7.13. The Balaban J connectivity index is 1.57. The Hall–Kier alpha value is -2.42. The summed E-state index contributed by atoms with van der Waals surface area (Å²) in [5.41, 5.74) is 2.79. The number of nitrogens with one attached hydrogen (secondary N) is 1. The minimum absolute atomic E-state index is 0.0180. The van der Waals surface area contributed by atoms with Crippen LogP contribution in [0.1, 0.15) is 29.8 Å². The van der Waals surface area contributed by atoms with Crippen molar-refractivity contribution in [3.8, 4) is 10.4 Å². The Labute approximate surface area is 163 Å². The Bertz CT molecular complexity index is 884. The maximum Gasteiger partial charge on any atom is 0.471 e. The van der Waals surface area contributed by atoms with Gasteiger partial charge in [-0.15, -0.1) is 11.3 Å². The van der Waals surface area contributed by atoms with Gasteiger partial charge in [0.25, 0.3) is 5.91 Å². The zero-order valence-electron chi connectivity index (χ0n) is 14.8. The summed E-state index contributed by atoms with van der Waals surface area (Å²) in [7, 11) is 0. The summed E-state index contributed by atoms with van der Waals surface area (Å²) in [5.74, 6) is -2.15. The first-order valence-corrected chi connectivity index (χ1v) is 9.91. The molecule has 0 spiro atoms. The summed E-state index contributed by atoms with van der Waals surface area (Å²) < 4.78 is 37.6. The number of piperidine rings is 1. The van der Waals surface area contributed by atoms with Gasteiger partial charge < -0.3 is 10.2 Å². The molecule has 1 aromatic carbocycles. The normalized spacial score (nSPS) is 23.8. The molecule has 2 bridgehead atoms. The molecule has 2 amide bonds. The van der Waals surface area contributed by atoms with Crippen molar-refractivity contribution in [2.24, 2.45) is 5.92 Å². The Morgan fingerprint density at radius 1 is 1.21 bits per heavy atom. The van der Waals surface area contributed by atoms with Crippen molar-refractivity contribution in [1.82, 2.24) is 15.2 Å². The van der Waals surface area contributed by atoms with Crippen molar-refractivity contribution >= 4 is 23.2 Å². The third-order valence-electron chi connectivity index (χ3n) is 5.51. The lowest BCUT2D eigenvalue weighted by molar-refractivity contribution is -0.173. The first-order valence-electron chi connectivity index (χ1n) is 9.03. The standard InChI is InChI=1S/C19H18F3N3O2S/c20-19(21,22)18(27)23-9-14-12-6-7-13(8-12)25(14)17(26)15-16(28-10-24-15)11-4-2-1-3-5-11/h1-5,10,12-14H,6-9H2,(H,23,27)/t12-,13?,14+/m0/s1. The molecule has 5 nitrogen and oxygen atoms in total. The van der Waals surface area contributed by atoms with Gasteiger partial charge >= 0.3 is 12.1 Å².